The van der Waals surface area contributed by atoms with Gasteiger partial charge in [-0.05, 0) is 67.7 Å². The molecule has 10 aromatic rings. The van der Waals surface area contributed by atoms with Gasteiger partial charge in [-0.1, -0.05) is 140 Å². The van der Waals surface area contributed by atoms with Crippen LogP contribution in [-0.4, -0.2) is 14.5 Å². The highest BCUT2D eigenvalue weighted by Crippen LogP contribution is 2.40. The molecule has 0 spiro atoms. The first-order valence-corrected chi connectivity index (χ1v) is 16.0. The molecule has 2 heterocycles. The van der Waals surface area contributed by atoms with E-state index >= 15 is 0 Å². The molecule has 0 saturated heterocycles. The fourth-order valence-electron chi connectivity index (χ4n) is 7.34. The Morgan fingerprint density at radius 2 is 0.872 bits per heavy atom. The van der Waals surface area contributed by atoms with Gasteiger partial charge >= 0.3 is 0 Å². The lowest BCUT2D eigenvalue weighted by Crippen LogP contribution is -2.03. The molecule has 218 valence electrons. The Morgan fingerprint density at radius 3 is 1.55 bits per heavy atom. The second kappa shape index (κ2) is 10.1. The molecule has 3 nitrogen and oxygen atoms in total. The molecule has 10 rings (SSSR count). The van der Waals surface area contributed by atoms with Crippen molar-refractivity contribution in [3.63, 3.8) is 0 Å². The minimum Gasteiger partial charge on any atom is -0.278 e. The predicted octanol–water partition coefficient (Wildman–Crippen LogP) is 11.5. The van der Waals surface area contributed by atoms with Crippen LogP contribution in [0, 0.1) is 0 Å². The number of benzene rings is 8. The molecule has 0 amide bonds. The Labute approximate surface area is 271 Å². The standard InChI is InChI=1S/C44H27N3/c1-2-12-33-27-34(22-19-28(33)9-1)29-17-20-32(21-18-29)43-37-15-7-8-16-38(37)45-44(46-43)47-39-25-23-30-10-3-5-13-35(30)41(39)42-36-14-6-4-11-31(36)24-26-40(42)47/h1-27H. The summed E-state index contributed by atoms with van der Waals surface area (Å²) < 4.78 is 2.25. The van der Waals surface area contributed by atoms with E-state index in [9.17, 15) is 0 Å². The summed E-state index contributed by atoms with van der Waals surface area (Å²) in [6.45, 7) is 0. The van der Waals surface area contributed by atoms with Crippen LogP contribution in [0.5, 0.6) is 0 Å². The van der Waals surface area contributed by atoms with Crippen molar-refractivity contribution in [2.75, 3.05) is 0 Å². The second-order valence-electron chi connectivity index (χ2n) is 12.2. The fourth-order valence-corrected chi connectivity index (χ4v) is 7.34. The molecule has 0 fully saturated rings. The molecule has 0 radical (unpaired) electrons. The molecule has 0 N–H and O–H groups in total. The van der Waals surface area contributed by atoms with Crippen molar-refractivity contribution in [3.8, 4) is 28.3 Å². The van der Waals surface area contributed by atoms with E-state index in [1.165, 1.54) is 54.2 Å². The van der Waals surface area contributed by atoms with Gasteiger partial charge in [0.05, 0.1) is 22.2 Å². The number of nitrogens with zero attached hydrogens (tertiary/aromatic N) is 3. The summed E-state index contributed by atoms with van der Waals surface area (Å²) >= 11 is 0. The van der Waals surface area contributed by atoms with Gasteiger partial charge in [-0.25, -0.2) is 9.97 Å². The number of aromatic nitrogens is 3. The fraction of sp³-hybridized carbons (Fsp3) is 0. The highest BCUT2D eigenvalue weighted by Gasteiger charge is 2.20. The molecule has 47 heavy (non-hydrogen) atoms. The molecule has 0 aliphatic heterocycles. The Kier molecular flexibility index (Phi) is 5.57. The van der Waals surface area contributed by atoms with Crippen LogP contribution in [0.1, 0.15) is 0 Å². The van der Waals surface area contributed by atoms with E-state index in [2.05, 4.69) is 168 Å². The zero-order valence-corrected chi connectivity index (χ0v) is 25.4. The van der Waals surface area contributed by atoms with E-state index in [4.69, 9.17) is 9.97 Å². The zero-order chi connectivity index (χ0) is 30.9. The lowest BCUT2D eigenvalue weighted by Gasteiger charge is -2.12. The maximum atomic E-state index is 5.37. The highest BCUT2D eigenvalue weighted by molar-refractivity contribution is 6.28. The average Bonchev–Trinajstić information content (AvgIpc) is 3.50. The Morgan fingerprint density at radius 1 is 0.362 bits per heavy atom. The van der Waals surface area contributed by atoms with Crippen molar-refractivity contribution < 1.29 is 0 Å². The van der Waals surface area contributed by atoms with Crippen LogP contribution in [0.15, 0.2) is 164 Å². The van der Waals surface area contributed by atoms with Crippen molar-refractivity contribution in [1.29, 1.82) is 0 Å². The van der Waals surface area contributed by atoms with Gasteiger partial charge in [-0.15, -0.1) is 0 Å². The van der Waals surface area contributed by atoms with E-state index in [0.29, 0.717) is 5.95 Å². The van der Waals surface area contributed by atoms with E-state index < -0.39 is 0 Å². The summed E-state index contributed by atoms with van der Waals surface area (Å²) in [5, 5.41) is 10.9. The molecule has 0 bridgehead atoms. The molecule has 3 heteroatoms. The molecule has 0 atom stereocenters. The first-order chi connectivity index (χ1) is 23.3. The van der Waals surface area contributed by atoms with Crippen LogP contribution < -0.4 is 0 Å². The SMILES string of the molecule is c1ccc2cc(-c3ccc(-c4nc(-n5c6ccc7ccccc7c6c6c7ccccc7ccc65)nc5ccccc45)cc3)ccc2c1. The molecule has 0 unspecified atom stereocenters. The van der Waals surface area contributed by atoms with Gasteiger partial charge < -0.3 is 0 Å². The summed E-state index contributed by atoms with van der Waals surface area (Å²) in [5.41, 5.74) is 7.49. The minimum atomic E-state index is 0.669. The summed E-state index contributed by atoms with van der Waals surface area (Å²) in [5.74, 6) is 0.669. The Bertz CT molecular complexity index is 2750. The van der Waals surface area contributed by atoms with Gasteiger partial charge in [-0.2, -0.15) is 0 Å². The third-order valence-corrected chi connectivity index (χ3v) is 9.58. The molecular weight excluding hydrogens is 571 g/mol. The van der Waals surface area contributed by atoms with Crippen LogP contribution in [0.2, 0.25) is 0 Å². The van der Waals surface area contributed by atoms with Gasteiger partial charge in [0.25, 0.3) is 0 Å². The number of fused-ring (bicyclic) bond motifs is 9. The van der Waals surface area contributed by atoms with E-state index in [1.807, 2.05) is 0 Å². The Balaban J connectivity index is 1.22. The summed E-state index contributed by atoms with van der Waals surface area (Å²) in [7, 11) is 0. The number of hydrogen-bond donors (Lipinski definition) is 0. The first-order valence-electron chi connectivity index (χ1n) is 16.0. The summed E-state index contributed by atoms with van der Waals surface area (Å²) in [6.07, 6.45) is 0. The average molecular weight is 598 g/mol. The maximum Gasteiger partial charge on any atom is 0.235 e. The van der Waals surface area contributed by atoms with Crippen molar-refractivity contribution in [2.24, 2.45) is 0 Å². The van der Waals surface area contributed by atoms with Gasteiger partial charge in [-0.3, -0.25) is 4.57 Å². The van der Waals surface area contributed by atoms with Crippen LogP contribution in [0.4, 0.5) is 0 Å². The summed E-state index contributed by atoms with van der Waals surface area (Å²) in [4.78, 5) is 10.6. The van der Waals surface area contributed by atoms with Gasteiger partial charge in [0.2, 0.25) is 5.95 Å². The topological polar surface area (TPSA) is 30.7 Å². The van der Waals surface area contributed by atoms with Gasteiger partial charge in [0.1, 0.15) is 0 Å². The molecular formula is C44H27N3. The molecule has 0 aliphatic carbocycles. The summed E-state index contributed by atoms with van der Waals surface area (Å²) in [6, 6.07) is 58.5. The molecule has 0 aliphatic rings. The quantitative estimate of drug-likeness (QED) is 0.203. The van der Waals surface area contributed by atoms with Crippen LogP contribution >= 0.6 is 0 Å². The largest absolute Gasteiger partial charge is 0.278 e. The van der Waals surface area contributed by atoms with Crippen LogP contribution in [0.25, 0.3) is 93.4 Å². The van der Waals surface area contributed by atoms with Crippen molar-refractivity contribution in [1.82, 2.24) is 14.5 Å². The van der Waals surface area contributed by atoms with E-state index in [0.717, 1.165) is 33.2 Å². The maximum absolute atomic E-state index is 5.37. The zero-order valence-electron chi connectivity index (χ0n) is 25.4. The number of para-hydroxylation sites is 1. The third-order valence-electron chi connectivity index (χ3n) is 9.58. The number of hydrogen-bond acceptors (Lipinski definition) is 2. The lowest BCUT2D eigenvalue weighted by molar-refractivity contribution is 1.01. The monoisotopic (exact) mass is 597 g/mol. The van der Waals surface area contributed by atoms with Crippen LogP contribution in [0.3, 0.4) is 0 Å². The normalized spacial score (nSPS) is 11.8. The lowest BCUT2D eigenvalue weighted by atomic mass is 9.99. The second-order valence-corrected chi connectivity index (χ2v) is 12.2. The van der Waals surface area contributed by atoms with E-state index in [-0.39, 0.29) is 0 Å². The predicted molar refractivity (Wildman–Crippen MR) is 197 cm³/mol. The smallest absolute Gasteiger partial charge is 0.235 e. The number of rotatable bonds is 3. The van der Waals surface area contributed by atoms with Gasteiger partial charge in [0.15, 0.2) is 0 Å². The van der Waals surface area contributed by atoms with Crippen LogP contribution in [-0.2, 0) is 0 Å². The van der Waals surface area contributed by atoms with Crippen molar-refractivity contribution in [2.45, 2.75) is 0 Å². The van der Waals surface area contributed by atoms with Crippen molar-refractivity contribution in [3.05, 3.63) is 164 Å². The first kappa shape index (κ1) is 26.0. The minimum absolute atomic E-state index is 0.669. The van der Waals surface area contributed by atoms with Crippen molar-refractivity contribution >= 4 is 65.0 Å². The molecule has 2 aromatic heterocycles. The Hall–Kier alpha value is -6.32. The molecule has 8 aromatic carbocycles. The molecule has 0 saturated carbocycles. The van der Waals surface area contributed by atoms with Gasteiger partial charge in [0, 0.05) is 21.7 Å². The highest BCUT2D eigenvalue weighted by atomic mass is 15.2. The van der Waals surface area contributed by atoms with E-state index in [1.54, 1.807) is 0 Å². The third kappa shape index (κ3) is 4.00.